The maximum atomic E-state index is 5.77. The third-order valence-corrected chi connectivity index (χ3v) is 0. The van der Waals surface area contributed by atoms with Crippen LogP contribution in [0, 0.1) is 5.41 Å². The van der Waals surface area contributed by atoms with Crippen molar-refractivity contribution in [1.82, 2.24) is 0 Å². The Hall–Kier alpha value is -0.460. The molecule has 1 nitrogen and oxygen atoms in total. The van der Waals surface area contributed by atoms with Crippen molar-refractivity contribution in [3.05, 3.63) is 12.7 Å². The van der Waals surface area contributed by atoms with Crippen molar-refractivity contribution in [1.29, 1.82) is 5.41 Å². The molecule has 2 heteroatoms. The Balaban J connectivity index is 0. The van der Waals surface area contributed by atoms with E-state index in [1.54, 1.807) is 11.2 Å². The molecule has 1 N–H and O–H groups in total. The molecule has 0 fully saturated rings. The summed E-state index contributed by atoms with van der Waals surface area (Å²) in [6.07, 6.45) is 1.75. The van der Waals surface area contributed by atoms with Crippen LogP contribution in [0.15, 0.2) is 12.7 Å². The number of nitrogens with one attached hydrogen (secondary N) is 1. The van der Waals surface area contributed by atoms with E-state index < -0.39 is 0 Å². The van der Waals surface area contributed by atoms with Crippen molar-refractivity contribution in [3.8, 4) is 0 Å². The van der Waals surface area contributed by atoms with E-state index in [9.17, 15) is 0 Å². The standard InChI is InChI=1S/C3H6.CHNS/c1-3-2;2-1-3/h3H,1H2,2H3;2H. The molecule has 0 saturated carbocycles. The second-order valence-corrected chi connectivity index (χ2v) is 0.714. The maximum absolute atomic E-state index is 5.77. The molecule has 0 radical (unpaired) electrons. The monoisotopic (exact) mass is 101 g/mol. The highest BCUT2D eigenvalue weighted by Crippen LogP contribution is 1.38. The molecular weight excluding hydrogens is 94.1 g/mol. The predicted octanol–water partition coefficient (Wildman–Crippen LogP) is 1.86. The molecule has 0 atom stereocenters. The van der Waals surface area contributed by atoms with E-state index in [1.807, 2.05) is 6.92 Å². The largest absolute Gasteiger partial charge is 0.248 e. The van der Waals surface area contributed by atoms with Gasteiger partial charge in [0.1, 0.15) is 0 Å². The molecule has 0 unspecified atom stereocenters. The van der Waals surface area contributed by atoms with Crippen molar-refractivity contribution in [2.24, 2.45) is 0 Å². The predicted molar refractivity (Wildman–Crippen MR) is 31.2 cm³/mol. The van der Waals surface area contributed by atoms with Crippen LogP contribution in [0.3, 0.4) is 0 Å². The van der Waals surface area contributed by atoms with Gasteiger partial charge in [0.15, 0.2) is 0 Å². The number of rotatable bonds is 0. The van der Waals surface area contributed by atoms with Gasteiger partial charge in [-0.05, 0) is 19.1 Å². The van der Waals surface area contributed by atoms with Gasteiger partial charge in [-0.25, -0.2) is 5.41 Å². The highest BCUT2D eigenvalue weighted by atomic mass is 32.1. The number of hydrogen-bond donors (Lipinski definition) is 1. The van der Waals surface area contributed by atoms with Gasteiger partial charge in [-0.15, -0.1) is 6.58 Å². The van der Waals surface area contributed by atoms with Crippen molar-refractivity contribution in [2.75, 3.05) is 0 Å². The third kappa shape index (κ3) is 108. The lowest BCUT2D eigenvalue weighted by Gasteiger charge is -1.31. The van der Waals surface area contributed by atoms with Gasteiger partial charge >= 0.3 is 0 Å². The van der Waals surface area contributed by atoms with E-state index >= 15 is 0 Å². The zero-order valence-electron chi connectivity index (χ0n) is 3.69. The Morgan fingerprint density at radius 1 is 2.00 bits per heavy atom. The first-order valence-electron chi connectivity index (χ1n) is 1.44. The number of isothiocyanates is 1. The van der Waals surface area contributed by atoms with Crippen molar-refractivity contribution < 1.29 is 0 Å². The lowest BCUT2D eigenvalue weighted by atomic mass is 10.8. The molecule has 0 saturated heterocycles. The smallest absolute Gasteiger partial charge is 0.0554 e. The van der Waals surface area contributed by atoms with Crippen LogP contribution < -0.4 is 0 Å². The molecule has 0 aliphatic rings. The Kier molecular flexibility index (Phi) is 36.4. The highest BCUT2D eigenvalue weighted by molar-refractivity contribution is 7.78. The molecule has 34 valence electrons. The lowest BCUT2D eigenvalue weighted by Crippen LogP contribution is -1.07. The van der Waals surface area contributed by atoms with Gasteiger partial charge in [-0.1, -0.05) is 6.08 Å². The number of hydrogen-bond acceptors (Lipinski definition) is 2. The van der Waals surface area contributed by atoms with E-state index in [1.165, 1.54) is 0 Å². The molecule has 0 aliphatic heterocycles. The molecule has 0 aromatic heterocycles. The van der Waals surface area contributed by atoms with Gasteiger partial charge in [0.2, 0.25) is 0 Å². The molecule has 0 spiro atoms. The Labute approximate surface area is 43.2 Å². The molecule has 0 bridgehead atoms. The molecule has 0 aromatic rings. The summed E-state index contributed by atoms with van der Waals surface area (Å²) in [5, 5.41) is 7.36. The minimum Gasteiger partial charge on any atom is -0.248 e. The minimum absolute atomic E-state index is 1.58. The first-order chi connectivity index (χ1) is 2.83. The summed E-state index contributed by atoms with van der Waals surface area (Å²) in [6, 6.07) is 0. The van der Waals surface area contributed by atoms with Gasteiger partial charge in [0.25, 0.3) is 0 Å². The van der Waals surface area contributed by atoms with Crippen LogP contribution in [0.1, 0.15) is 6.92 Å². The van der Waals surface area contributed by atoms with Gasteiger partial charge in [0, 0.05) is 0 Å². The molecule has 0 amide bonds. The topological polar surface area (TPSA) is 23.9 Å². The first kappa shape index (κ1) is 9.11. The fourth-order valence-electron chi connectivity index (χ4n) is 0. The summed E-state index contributed by atoms with van der Waals surface area (Å²) >= 11 is 3.81. The summed E-state index contributed by atoms with van der Waals surface area (Å²) in [5.74, 6) is 0. The highest BCUT2D eigenvalue weighted by Gasteiger charge is 1.15. The normalized spacial score (nSPS) is 3.50. The average molecular weight is 101 g/mol. The van der Waals surface area contributed by atoms with Crippen molar-refractivity contribution in [2.45, 2.75) is 6.92 Å². The van der Waals surface area contributed by atoms with E-state index in [0.717, 1.165) is 0 Å². The van der Waals surface area contributed by atoms with Crippen molar-refractivity contribution >= 4 is 17.4 Å². The van der Waals surface area contributed by atoms with Gasteiger partial charge < -0.3 is 0 Å². The minimum atomic E-state index is 1.58. The summed E-state index contributed by atoms with van der Waals surface area (Å²) in [6.45, 7) is 5.25. The van der Waals surface area contributed by atoms with E-state index in [0.29, 0.717) is 0 Å². The van der Waals surface area contributed by atoms with E-state index in [2.05, 4.69) is 18.8 Å². The van der Waals surface area contributed by atoms with E-state index in [-0.39, 0.29) is 0 Å². The third-order valence-electron chi connectivity index (χ3n) is 0. The molecule has 0 heterocycles. The van der Waals surface area contributed by atoms with Crippen LogP contribution in [0.5, 0.6) is 0 Å². The molecule has 0 rings (SSSR count). The summed E-state index contributed by atoms with van der Waals surface area (Å²) in [5.41, 5.74) is 0. The Morgan fingerprint density at radius 3 is 2.00 bits per heavy atom. The second kappa shape index (κ2) is 24.0. The van der Waals surface area contributed by atoms with Crippen LogP contribution in [-0.2, 0) is 0 Å². The fourth-order valence-corrected chi connectivity index (χ4v) is 0. The van der Waals surface area contributed by atoms with E-state index in [4.69, 9.17) is 5.41 Å². The second-order valence-electron chi connectivity index (χ2n) is 0.510. The summed E-state index contributed by atoms with van der Waals surface area (Å²) < 4.78 is 0. The Morgan fingerprint density at radius 2 is 2.00 bits per heavy atom. The molecule has 0 aliphatic carbocycles. The summed E-state index contributed by atoms with van der Waals surface area (Å²) in [7, 11) is 0. The van der Waals surface area contributed by atoms with Crippen molar-refractivity contribution in [3.63, 3.8) is 0 Å². The SMILES string of the molecule is C=CC.N=C=S. The quantitative estimate of drug-likeness (QED) is 0.281. The molecular formula is C4H7NS. The number of thiocarbonyl (C=S) groups is 1. The number of allylic oxidation sites excluding steroid dienone is 1. The first-order valence-corrected chi connectivity index (χ1v) is 1.85. The van der Waals surface area contributed by atoms with Gasteiger partial charge in [0.05, 0.1) is 5.16 Å². The van der Waals surface area contributed by atoms with Crippen LogP contribution in [0.25, 0.3) is 0 Å². The van der Waals surface area contributed by atoms with Crippen LogP contribution in [0.4, 0.5) is 0 Å². The summed E-state index contributed by atoms with van der Waals surface area (Å²) in [4.78, 5) is 0. The zero-order chi connectivity index (χ0) is 5.41. The molecule has 6 heavy (non-hydrogen) atoms. The lowest BCUT2D eigenvalue weighted by molar-refractivity contribution is 1.61. The fraction of sp³-hybridized carbons (Fsp3) is 0.250. The maximum Gasteiger partial charge on any atom is 0.0554 e. The van der Waals surface area contributed by atoms with Gasteiger partial charge in [-0.2, -0.15) is 0 Å². The van der Waals surface area contributed by atoms with Gasteiger partial charge in [-0.3, -0.25) is 0 Å². The average Bonchev–Trinajstić information content (AvgIpc) is 1.39. The van der Waals surface area contributed by atoms with Crippen LogP contribution in [-0.4, -0.2) is 5.16 Å². The Bertz CT molecular complexity index is 52.6. The van der Waals surface area contributed by atoms with Crippen LogP contribution in [0.2, 0.25) is 0 Å². The van der Waals surface area contributed by atoms with Crippen LogP contribution >= 0.6 is 12.2 Å². The molecule has 0 aromatic carbocycles. The zero-order valence-corrected chi connectivity index (χ0v) is 4.51.